The summed E-state index contributed by atoms with van der Waals surface area (Å²) in [6.45, 7) is 8.39. The van der Waals surface area contributed by atoms with Crippen LogP contribution >= 0.6 is 24.0 Å². The normalized spacial score (nSPS) is 11.2. The molecule has 0 atom stereocenters. The molecule has 2 aromatic heterocycles. The first-order chi connectivity index (χ1) is 10.6. The molecule has 2 heterocycles. The number of hydrogen-bond donors (Lipinski definition) is 2. The number of guanidine groups is 1. The second-order valence-corrected chi connectivity index (χ2v) is 5.22. The Morgan fingerprint density at radius 2 is 2.13 bits per heavy atom. The average Bonchev–Trinajstić information content (AvgIpc) is 3.08. The highest BCUT2D eigenvalue weighted by Gasteiger charge is 2.09. The zero-order valence-electron chi connectivity index (χ0n) is 14.2. The maximum Gasteiger partial charge on any atom is 0.191 e. The monoisotopic (exact) mass is 431 g/mol. The van der Waals surface area contributed by atoms with Crippen LogP contribution < -0.4 is 10.6 Å². The van der Waals surface area contributed by atoms with Crippen LogP contribution in [-0.4, -0.2) is 28.8 Å². The molecule has 6 nitrogen and oxygen atoms in total. The second kappa shape index (κ2) is 9.59. The van der Waals surface area contributed by atoms with Gasteiger partial charge in [-0.15, -0.1) is 24.0 Å². The first kappa shape index (κ1) is 19.5. The van der Waals surface area contributed by atoms with E-state index in [1.807, 2.05) is 23.9 Å². The van der Waals surface area contributed by atoms with Crippen molar-refractivity contribution in [3.8, 4) is 0 Å². The highest BCUT2D eigenvalue weighted by Crippen LogP contribution is 2.11. The number of aliphatic imine (C=N–C) groups is 1. The Labute approximate surface area is 154 Å². The van der Waals surface area contributed by atoms with E-state index in [4.69, 9.17) is 4.42 Å². The fourth-order valence-electron chi connectivity index (χ4n) is 2.39. The van der Waals surface area contributed by atoms with E-state index >= 15 is 0 Å². The third kappa shape index (κ3) is 5.56. The summed E-state index contributed by atoms with van der Waals surface area (Å²) in [5.74, 6) is 1.66. The molecule has 128 valence electrons. The van der Waals surface area contributed by atoms with Crippen LogP contribution in [0.25, 0.3) is 0 Å². The SMILES string of the molecule is CCNC(=NCc1ccco1)NCCc1c(C)nn(C)c1C.I. The van der Waals surface area contributed by atoms with Crippen molar-refractivity contribution in [3.63, 3.8) is 0 Å². The van der Waals surface area contributed by atoms with Crippen LogP contribution in [0.2, 0.25) is 0 Å². The van der Waals surface area contributed by atoms with Crippen LogP contribution in [0.1, 0.15) is 29.6 Å². The van der Waals surface area contributed by atoms with Crippen LogP contribution in [0, 0.1) is 13.8 Å². The third-order valence-electron chi connectivity index (χ3n) is 3.64. The summed E-state index contributed by atoms with van der Waals surface area (Å²) in [7, 11) is 1.98. The van der Waals surface area contributed by atoms with Gasteiger partial charge in [-0.2, -0.15) is 5.10 Å². The molecular weight excluding hydrogens is 405 g/mol. The first-order valence-corrected chi connectivity index (χ1v) is 7.65. The van der Waals surface area contributed by atoms with Gasteiger partial charge in [0.2, 0.25) is 0 Å². The molecule has 0 aliphatic carbocycles. The minimum absolute atomic E-state index is 0. The molecule has 0 aromatic carbocycles. The number of nitrogens with one attached hydrogen (secondary N) is 2. The fourth-order valence-corrected chi connectivity index (χ4v) is 2.39. The van der Waals surface area contributed by atoms with Gasteiger partial charge in [0.1, 0.15) is 12.3 Å². The molecule has 0 saturated carbocycles. The molecule has 0 amide bonds. The van der Waals surface area contributed by atoms with E-state index in [-0.39, 0.29) is 24.0 Å². The third-order valence-corrected chi connectivity index (χ3v) is 3.64. The van der Waals surface area contributed by atoms with Crippen molar-refractivity contribution in [2.75, 3.05) is 13.1 Å². The van der Waals surface area contributed by atoms with Crippen molar-refractivity contribution in [1.82, 2.24) is 20.4 Å². The number of hydrogen-bond acceptors (Lipinski definition) is 3. The first-order valence-electron chi connectivity index (χ1n) is 7.65. The smallest absolute Gasteiger partial charge is 0.191 e. The van der Waals surface area contributed by atoms with Crippen molar-refractivity contribution in [2.24, 2.45) is 12.0 Å². The lowest BCUT2D eigenvalue weighted by Crippen LogP contribution is -2.38. The Kier molecular flexibility index (Phi) is 8.15. The van der Waals surface area contributed by atoms with Gasteiger partial charge in [-0.1, -0.05) is 0 Å². The number of halogens is 1. The molecule has 0 saturated heterocycles. The lowest BCUT2D eigenvalue weighted by Gasteiger charge is -2.11. The molecule has 0 aliphatic rings. The van der Waals surface area contributed by atoms with E-state index in [1.54, 1.807) is 6.26 Å². The van der Waals surface area contributed by atoms with Gasteiger partial charge >= 0.3 is 0 Å². The summed E-state index contributed by atoms with van der Waals surface area (Å²) >= 11 is 0. The molecular formula is C16H26IN5O. The van der Waals surface area contributed by atoms with Crippen LogP contribution in [0.4, 0.5) is 0 Å². The van der Waals surface area contributed by atoms with E-state index in [2.05, 4.69) is 41.5 Å². The Morgan fingerprint density at radius 3 is 2.70 bits per heavy atom. The molecule has 0 aliphatic heterocycles. The molecule has 0 unspecified atom stereocenters. The van der Waals surface area contributed by atoms with Crippen molar-refractivity contribution in [1.29, 1.82) is 0 Å². The summed E-state index contributed by atoms with van der Waals surface area (Å²) in [5, 5.41) is 11.0. The molecule has 7 heteroatoms. The molecule has 2 rings (SSSR count). The van der Waals surface area contributed by atoms with Gasteiger partial charge in [0.05, 0.1) is 12.0 Å². The largest absolute Gasteiger partial charge is 0.467 e. The lowest BCUT2D eigenvalue weighted by atomic mass is 10.1. The minimum atomic E-state index is 0. The van der Waals surface area contributed by atoms with Gasteiger partial charge < -0.3 is 15.1 Å². The van der Waals surface area contributed by atoms with Gasteiger partial charge in [0, 0.05) is 25.8 Å². The van der Waals surface area contributed by atoms with E-state index in [9.17, 15) is 0 Å². The van der Waals surface area contributed by atoms with Gasteiger partial charge in [-0.25, -0.2) is 4.99 Å². The zero-order valence-corrected chi connectivity index (χ0v) is 16.5. The van der Waals surface area contributed by atoms with Gasteiger partial charge in [-0.3, -0.25) is 4.68 Å². The molecule has 0 radical (unpaired) electrons. The standard InChI is InChI=1S/C16H25N5O.HI/c1-5-17-16(19-11-14-7-6-10-22-14)18-9-8-15-12(2)20-21(4)13(15)3;/h6-7,10H,5,8-9,11H2,1-4H3,(H2,17,18,19);1H. The van der Waals surface area contributed by atoms with Crippen molar-refractivity contribution < 1.29 is 4.42 Å². The Balaban J connectivity index is 0.00000264. The van der Waals surface area contributed by atoms with Crippen molar-refractivity contribution in [3.05, 3.63) is 41.1 Å². The molecule has 0 bridgehead atoms. The van der Waals surface area contributed by atoms with E-state index < -0.39 is 0 Å². The van der Waals surface area contributed by atoms with Gasteiger partial charge in [-0.05, 0) is 44.9 Å². The summed E-state index contributed by atoms with van der Waals surface area (Å²) < 4.78 is 7.23. The topological polar surface area (TPSA) is 67.4 Å². The van der Waals surface area contributed by atoms with E-state index in [0.29, 0.717) is 6.54 Å². The molecule has 2 N–H and O–H groups in total. The molecule has 0 fully saturated rings. The van der Waals surface area contributed by atoms with E-state index in [1.165, 1.54) is 11.3 Å². The number of nitrogens with zero attached hydrogens (tertiary/aromatic N) is 3. The van der Waals surface area contributed by atoms with Gasteiger partial charge in [0.15, 0.2) is 5.96 Å². The fraction of sp³-hybridized carbons (Fsp3) is 0.500. The predicted molar refractivity (Wildman–Crippen MR) is 103 cm³/mol. The maximum absolute atomic E-state index is 5.30. The second-order valence-electron chi connectivity index (χ2n) is 5.22. The Hall–Kier alpha value is -1.51. The highest BCUT2D eigenvalue weighted by molar-refractivity contribution is 14.0. The summed E-state index contributed by atoms with van der Waals surface area (Å²) in [6.07, 6.45) is 2.59. The Morgan fingerprint density at radius 1 is 1.35 bits per heavy atom. The molecule has 0 spiro atoms. The van der Waals surface area contributed by atoms with Crippen molar-refractivity contribution >= 4 is 29.9 Å². The predicted octanol–water partition coefficient (Wildman–Crippen LogP) is 2.55. The number of rotatable bonds is 6. The van der Waals surface area contributed by atoms with Crippen LogP contribution in [0.15, 0.2) is 27.8 Å². The Bertz CT molecular complexity index is 619. The van der Waals surface area contributed by atoms with Crippen molar-refractivity contribution in [2.45, 2.75) is 33.7 Å². The average molecular weight is 431 g/mol. The lowest BCUT2D eigenvalue weighted by molar-refractivity contribution is 0.512. The minimum Gasteiger partial charge on any atom is -0.467 e. The van der Waals surface area contributed by atoms with Crippen LogP contribution in [0.3, 0.4) is 0 Å². The number of aryl methyl sites for hydroxylation is 2. The van der Waals surface area contributed by atoms with Gasteiger partial charge in [0.25, 0.3) is 0 Å². The zero-order chi connectivity index (χ0) is 15.9. The highest BCUT2D eigenvalue weighted by atomic mass is 127. The quantitative estimate of drug-likeness (QED) is 0.419. The maximum atomic E-state index is 5.30. The van der Waals surface area contributed by atoms with Crippen LogP contribution in [0.5, 0.6) is 0 Å². The summed E-state index contributed by atoms with van der Waals surface area (Å²) in [6, 6.07) is 3.80. The summed E-state index contributed by atoms with van der Waals surface area (Å²) in [4.78, 5) is 4.52. The summed E-state index contributed by atoms with van der Waals surface area (Å²) in [5.41, 5.74) is 3.62. The van der Waals surface area contributed by atoms with E-state index in [0.717, 1.165) is 36.9 Å². The number of aromatic nitrogens is 2. The molecule has 23 heavy (non-hydrogen) atoms. The van der Waals surface area contributed by atoms with Crippen LogP contribution in [-0.2, 0) is 20.0 Å². The number of furan rings is 1. The molecule has 2 aromatic rings.